The van der Waals surface area contributed by atoms with Crippen molar-refractivity contribution in [3.63, 3.8) is 0 Å². The monoisotopic (exact) mass is 243 g/mol. The number of rotatable bonds is 4. The summed E-state index contributed by atoms with van der Waals surface area (Å²) in [6, 6.07) is 0. The summed E-state index contributed by atoms with van der Waals surface area (Å²) >= 11 is 0. The van der Waals surface area contributed by atoms with Gasteiger partial charge in [0.1, 0.15) is 0 Å². The fourth-order valence-electron chi connectivity index (χ4n) is 1.45. The number of H-pyrrole nitrogens is 1. The SMILES string of the molecule is Nc1nc2c(ncn2[C@@H](CO)OCF)c(=O)[nH]1. The number of aliphatic hydroxyl groups excluding tert-OH is 1. The topological polar surface area (TPSA) is 119 Å². The normalized spacial score (nSPS) is 13.1. The molecule has 2 aromatic heterocycles. The standard InChI is InChI=1S/C8H10FN5O3/c9-2-17-4(1-15)14-3-11-5-6(14)12-8(10)13-7(5)16/h3-4,15H,1-2H2,(H3,10,12,13,16)/t4-/m1/s1. The van der Waals surface area contributed by atoms with Crippen LogP contribution in [0.1, 0.15) is 6.23 Å². The molecule has 0 spiro atoms. The molecule has 17 heavy (non-hydrogen) atoms. The highest BCUT2D eigenvalue weighted by Gasteiger charge is 2.16. The number of nitrogens with two attached hydrogens (primary N) is 1. The molecule has 8 nitrogen and oxygen atoms in total. The van der Waals surface area contributed by atoms with Gasteiger partial charge in [-0.3, -0.25) is 14.3 Å². The number of nitrogens with one attached hydrogen (secondary N) is 1. The molecule has 0 aliphatic rings. The number of anilines is 1. The quantitative estimate of drug-likeness (QED) is 0.642. The number of ether oxygens (including phenoxy) is 1. The lowest BCUT2D eigenvalue weighted by atomic mass is 10.5. The Bertz CT molecular complexity index is 580. The van der Waals surface area contributed by atoms with E-state index in [9.17, 15) is 9.18 Å². The number of nitrogen functional groups attached to an aromatic ring is 1. The van der Waals surface area contributed by atoms with Gasteiger partial charge in [0, 0.05) is 0 Å². The van der Waals surface area contributed by atoms with Gasteiger partial charge in [-0.25, -0.2) is 9.37 Å². The molecule has 2 heterocycles. The van der Waals surface area contributed by atoms with Crippen molar-refractivity contribution in [2.24, 2.45) is 0 Å². The van der Waals surface area contributed by atoms with Gasteiger partial charge in [-0.15, -0.1) is 0 Å². The van der Waals surface area contributed by atoms with Gasteiger partial charge in [-0.2, -0.15) is 4.98 Å². The highest BCUT2D eigenvalue weighted by Crippen LogP contribution is 2.14. The van der Waals surface area contributed by atoms with Crippen LogP contribution >= 0.6 is 0 Å². The van der Waals surface area contributed by atoms with E-state index in [2.05, 4.69) is 19.7 Å². The van der Waals surface area contributed by atoms with Gasteiger partial charge < -0.3 is 15.6 Å². The molecule has 0 saturated carbocycles. The van der Waals surface area contributed by atoms with Gasteiger partial charge in [0.15, 0.2) is 24.3 Å². The number of imidazole rings is 1. The molecule has 0 fully saturated rings. The summed E-state index contributed by atoms with van der Waals surface area (Å²) in [6.45, 7) is -1.56. The second kappa shape index (κ2) is 4.47. The molecular formula is C8H10FN5O3. The van der Waals surface area contributed by atoms with Gasteiger partial charge >= 0.3 is 0 Å². The van der Waals surface area contributed by atoms with Crippen molar-refractivity contribution in [3.05, 3.63) is 16.7 Å². The van der Waals surface area contributed by atoms with E-state index in [0.29, 0.717) is 0 Å². The summed E-state index contributed by atoms with van der Waals surface area (Å²) in [4.78, 5) is 21.4. The molecule has 0 bridgehead atoms. The Labute approximate surface area is 93.9 Å². The zero-order valence-corrected chi connectivity index (χ0v) is 8.63. The Kier molecular flexibility index (Phi) is 3.02. The van der Waals surface area contributed by atoms with Crippen molar-refractivity contribution in [3.8, 4) is 0 Å². The smallest absolute Gasteiger partial charge is 0.280 e. The molecule has 0 amide bonds. The zero-order valence-electron chi connectivity index (χ0n) is 8.63. The molecule has 0 aliphatic carbocycles. The van der Waals surface area contributed by atoms with E-state index in [1.165, 1.54) is 10.9 Å². The fourth-order valence-corrected chi connectivity index (χ4v) is 1.45. The molecule has 2 rings (SSSR count). The number of halogens is 1. The molecule has 92 valence electrons. The largest absolute Gasteiger partial charge is 0.392 e. The van der Waals surface area contributed by atoms with Gasteiger partial charge in [-0.1, -0.05) is 0 Å². The number of aromatic nitrogens is 4. The van der Waals surface area contributed by atoms with Crippen LogP contribution in [0.2, 0.25) is 0 Å². The summed E-state index contributed by atoms with van der Waals surface area (Å²) in [5, 5.41) is 9.04. The lowest BCUT2D eigenvalue weighted by molar-refractivity contribution is -0.0700. The maximum atomic E-state index is 12.1. The van der Waals surface area contributed by atoms with Crippen molar-refractivity contribution in [1.29, 1.82) is 0 Å². The molecule has 0 aromatic carbocycles. The average molecular weight is 243 g/mol. The lowest BCUT2D eigenvalue weighted by Gasteiger charge is -2.14. The number of hydrogen-bond acceptors (Lipinski definition) is 6. The van der Waals surface area contributed by atoms with Crippen LogP contribution in [0, 0.1) is 0 Å². The van der Waals surface area contributed by atoms with E-state index in [1.54, 1.807) is 0 Å². The van der Waals surface area contributed by atoms with E-state index in [0.717, 1.165) is 0 Å². The van der Waals surface area contributed by atoms with Crippen LogP contribution in [0.5, 0.6) is 0 Å². The van der Waals surface area contributed by atoms with Crippen LogP contribution in [-0.2, 0) is 4.74 Å². The second-order valence-corrected chi connectivity index (χ2v) is 3.19. The first kappa shape index (κ1) is 11.5. The number of fused-ring (bicyclic) bond motifs is 1. The Hall–Kier alpha value is -2.00. The van der Waals surface area contributed by atoms with Crippen LogP contribution < -0.4 is 11.3 Å². The lowest BCUT2D eigenvalue weighted by Crippen LogP contribution is -2.18. The summed E-state index contributed by atoms with van der Waals surface area (Å²) in [5.74, 6) is -0.0961. The maximum Gasteiger partial charge on any atom is 0.280 e. The second-order valence-electron chi connectivity index (χ2n) is 3.19. The van der Waals surface area contributed by atoms with Gasteiger partial charge in [0.05, 0.1) is 12.9 Å². The highest BCUT2D eigenvalue weighted by molar-refractivity contribution is 5.70. The van der Waals surface area contributed by atoms with E-state index < -0.39 is 25.3 Å². The van der Waals surface area contributed by atoms with Crippen LogP contribution in [0.3, 0.4) is 0 Å². The Morgan fingerprint density at radius 2 is 2.47 bits per heavy atom. The Morgan fingerprint density at radius 3 is 3.12 bits per heavy atom. The minimum atomic E-state index is -1.08. The molecule has 4 N–H and O–H groups in total. The minimum Gasteiger partial charge on any atom is -0.392 e. The molecular weight excluding hydrogens is 233 g/mol. The van der Waals surface area contributed by atoms with Crippen molar-refractivity contribution in [2.75, 3.05) is 19.2 Å². The molecule has 9 heteroatoms. The van der Waals surface area contributed by atoms with E-state index in [-0.39, 0.29) is 17.1 Å². The van der Waals surface area contributed by atoms with E-state index in [4.69, 9.17) is 10.8 Å². The number of alkyl halides is 1. The zero-order chi connectivity index (χ0) is 12.4. The fraction of sp³-hybridized carbons (Fsp3) is 0.375. The van der Waals surface area contributed by atoms with Crippen molar-refractivity contribution in [1.82, 2.24) is 19.5 Å². The molecule has 0 saturated heterocycles. The van der Waals surface area contributed by atoms with Crippen LogP contribution in [0.25, 0.3) is 11.2 Å². The molecule has 1 atom stereocenters. The summed E-state index contributed by atoms with van der Waals surface area (Å²) in [7, 11) is 0. The number of nitrogens with zero attached hydrogens (tertiary/aromatic N) is 3. The first-order valence-electron chi connectivity index (χ1n) is 4.68. The van der Waals surface area contributed by atoms with Crippen LogP contribution in [0.15, 0.2) is 11.1 Å². The van der Waals surface area contributed by atoms with Crippen molar-refractivity contribution < 1.29 is 14.2 Å². The number of aromatic amines is 1. The predicted octanol–water partition coefficient (Wildman–Crippen LogP) is -0.864. The minimum absolute atomic E-state index is 0.0418. The molecule has 0 unspecified atom stereocenters. The highest BCUT2D eigenvalue weighted by atomic mass is 19.1. The molecule has 2 aromatic rings. The van der Waals surface area contributed by atoms with Gasteiger partial charge in [0.25, 0.3) is 5.56 Å². The van der Waals surface area contributed by atoms with Crippen molar-refractivity contribution in [2.45, 2.75) is 6.23 Å². The number of hydrogen-bond donors (Lipinski definition) is 3. The van der Waals surface area contributed by atoms with E-state index in [1.807, 2.05) is 0 Å². The van der Waals surface area contributed by atoms with Crippen molar-refractivity contribution >= 4 is 17.1 Å². The third-order valence-corrected chi connectivity index (χ3v) is 2.17. The predicted molar refractivity (Wildman–Crippen MR) is 55.7 cm³/mol. The maximum absolute atomic E-state index is 12.1. The average Bonchev–Trinajstić information content (AvgIpc) is 2.69. The first-order valence-corrected chi connectivity index (χ1v) is 4.68. The van der Waals surface area contributed by atoms with Gasteiger partial charge in [-0.05, 0) is 0 Å². The van der Waals surface area contributed by atoms with E-state index >= 15 is 0 Å². The Balaban J connectivity index is 2.58. The Morgan fingerprint density at radius 1 is 1.71 bits per heavy atom. The third-order valence-electron chi connectivity index (χ3n) is 2.17. The molecule has 0 aliphatic heterocycles. The number of aliphatic hydroxyl groups is 1. The van der Waals surface area contributed by atoms with Crippen LogP contribution in [-0.4, -0.2) is 38.1 Å². The van der Waals surface area contributed by atoms with Crippen LogP contribution in [0.4, 0.5) is 10.3 Å². The summed E-state index contributed by atoms with van der Waals surface area (Å²) in [5.41, 5.74) is 5.04. The summed E-state index contributed by atoms with van der Waals surface area (Å²) in [6.07, 6.45) is 0.224. The third kappa shape index (κ3) is 1.97. The first-order chi connectivity index (χ1) is 8.17. The molecule has 0 radical (unpaired) electrons. The van der Waals surface area contributed by atoms with Gasteiger partial charge in [0.2, 0.25) is 5.95 Å². The summed E-state index contributed by atoms with van der Waals surface area (Å²) < 4.78 is 18.0.